The molecule has 0 bridgehead atoms. The summed E-state index contributed by atoms with van der Waals surface area (Å²) in [7, 11) is 0. The molecule has 0 heterocycles. The van der Waals surface area contributed by atoms with Gasteiger partial charge in [0.05, 0.1) is 0 Å². The maximum Gasteiger partial charge on any atom is 0.123 e. The molecule has 0 aliphatic heterocycles. The van der Waals surface area contributed by atoms with E-state index in [2.05, 4.69) is 6.08 Å². The molecule has 1 aliphatic rings. The molecule has 0 radical (unpaired) electrons. The third kappa shape index (κ3) is 1.63. The molecule has 0 aromatic heterocycles. The molecule has 1 aromatic rings. The molecule has 0 fully saturated rings. The highest BCUT2D eigenvalue weighted by Gasteiger charge is 2.12. The van der Waals surface area contributed by atoms with Gasteiger partial charge >= 0.3 is 0 Å². The van der Waals surface area contributed by atoms with Gasteiger partial charge in [0.25, 0.3) is 0 Å². The molecule has 68 valence electrons. The molecule has 2 heteroatoms. The van der Waals surface area contributed by atoms with E-state index >= 15 is 0 Å². The summed E-state index contributed by atoms with van der Waals surface area (Å²) in [5.74, 6) is 0.243. The second-order valence-electron chi connectivity index (χ2n) is 3.40. The molecule has 0 saturated heterocycles. The Hall–Kier alpha value is -1.15. The predicted octanol–water partition coefficient (Wildman–Crippen LogP) is 1.97. The van der Waals surface area contributed by atoms with Crippen LogP contribution in [-0.4, -0.2) is 6.54 Å². The molecule has 1 unspecified atom stereocenters. The Morgan fingerprint density at radius 1 is 1.46 bits per heavy atom. The van der Waals surface area contributed by atoms with Crippen molar-refractivity contribution in [3.8, 4) is 0 Å². The molecule has 1 nitrogen and oxygen atoms in total. The lowest BCUT2D eigenvalue weighted by molar-refractivity contribution is 0.620. The maximum atomic E-state index is 12.8. The average molecular weight is 177 g/mol. The van der Waals surface area contributed by atoms with Crippen LogP contribution in [0, 0.1) is 11.7 Å². The van der Waals surface area contributed by atoms with Crippen LogP contribution in [0.2, 0.25) is 0 Å². The van der Waals surface area contributed by atoms with Gasteiger partial charge in [0.15, 0.2) is 0 Å². The van der Waals surface area contributed by atoms with Crippen LogP contribution in [0.3, 0.4) is 0 Å². The molecule has 2 N–H and O–H groups in total. The van der Waals surface area contributed by atoms with Gasteiger partial charge in [-0.3, -0.25) is 0 Å². The number of hydrogen-bond acceptors (Lipinski definition) is 1. The first-order chi connectivity index (χ1) is 6.29. The van der Waals surface area contributed by atoms with E-state index in [4.69, 9.17) is 5.73 Å². The van der Waals surface area contributed by atoms with Gasteiger partial charge in [-0.05, 0) is 42.1 Å². The lowest BCUT2D eigenvalue weighted by Gasteiger charge is -2.17. The Morgan fingerprint density at radius 2 is 2.31 bits per heavy atom. The van der Waals surface area contributed by atoms with Crippen LogP contribution < -0.4 is 5.73 Å². The zero-order chi connectivity index (χ0) is 9.26. The largest absolute Gasteiger partial charge is 0.330 e. The van der Waals surface area contributed by atoms with E-state index < -0.39 is 0 Å². The maximum absolute atomic E-state index is 12.8. The van der Waals surface area contributed by atoms with E-state index in [0.29, 0.717) is 12.5 Å². The standard InChI is InChI=1S/C11H12FN/c12-11-4-3-9-5-8(7-13)1-2-10(9)6-11/h1-4,6,8H,5,7,13H2. The van der Waals surface area contributed by atoms with Crippen LogP contribution in [-0.2, 0) is 6.42 Å². The SMILES string of the molecule is NCC1C=Cc2cc(F)ccc2C1. The molecule has 1 aromatic carbocycles. The summed E-state index contributed by atoms with van der Waals surface area (Å²) in [4.78, 5) is 0. The molecule has 0 spiro atoms. The van der Waals surface area contributed by atoms with Crippen molar-refractivity contribution in [2.75, 3.05) is 6.54 Å². The molecule has 1 aliphatic carbocycles. The Bertz CT molecular complexity index is 344. The average Bonchev–Trinajstić information content (AvgIpc) is 2.17. The van der Waals surface area contributed by atoms with Crippen LogP contribution >= 0.6 is 0 Å². The smallest absolute Gasteiger partial charge is 0.123 e. The minimum atomic E-state index is -0.172. The fourth-order valence-corrected chi connectivity index (χ4v) is 1.66. The van der Waals surface area contributed by atoms with Gasteiger partial charge in [-0.2, -0.15) is 0 Å². The summed E-state index contributed by atoms with van der Waals surface area (Å²) in [6.45, 7) is 0.660. The molecule has 0 saturated carbocycles. The van der Waals surface area contributed by atoms with Gasteiger partial charge in [-0.15, -0.1) is 0 Å². The number of halogens is 1. The first kappa shape index (κ1) is 8.45. The highest BCUT2D eigenvalue weighted by atomic mass is 19.1. The zero-order valence-corrected chi connectivity index (χ0v) is 7.33. The third-order valence-electron chi connectivity index (χ3n) is 2.44. The van der Waals surface area contributed by atoms with Gasteiger partial charge in [0, 0.05) is 0 Å². The van der Waals surface area contributed by atoms with Crippen molar-refractivity contribution >= 4 is 6.08 Å². The second kappa shape index (κ2) is 3.30. The van der Waals surface area contributed by atoms with Crippen molar-refractivity contribution in [3.63, 3.8) is 0 Å². The van der Waals surface area contributed by atoms with Crippen LogP contribution in [0.1, 0.15) is 11.1 Å². The normalized spacial score (nSPS) is 20.0. The Kier molecular flexibility index (Phi) is 2.15. The minimum absolute atomic E-state index is 0.172. The van der Waals surface area contributed by atoms with E-state index in [9.17, 15) is 4.39 Å². The number of benzene rings is 1. The van der Waals surface area contributed by atoms with E-state index in [1.807, 2.05) is 12.1 Å². The van der Waals surface area contributed by atoms with E-state index in [1.54, 1.807) is 6.07 Å². The van der Waals surface area contributed by atoms with Crippen molar-refractivity contribution in [1.82, 2.24) is 0 Å². The number of nitrogens with two attached hydrogens (primary N) is 1. The summed E-state index contributed by atoms with van der Waals surface area (Å²) in [5, 5.41) is 0. The summed E-state index contributed by atoms with van der Waals surface area (Å²) in [5.41, 5.74) is 7.75. The van der Waals surface area contributed by atoms with Crippen LogP contribution in [0.4, 0.5) is 4.39 Å². The summed E-state index contributed by atoms with van der Waals surface area (Å²) < 4.78 is 12.8. The Balaban J connectivity index is 2.35. The lowest BCUT2D eigenvalue weighted by atomic mass is 9.90. The molecule has 13 heavy (non-hydrogen) atoms. The Labute approximate surface area is 77.1 Å². The third-order valence-corrected chi connectivity index (χ3v) is 2.44. The molecular weight excluding hydrogens is 165 g/mol. The van der Waals surface area contributed by atoms with E-state index in [1.165, 1.54) is 11.6 Å². The van der Waals surface area contributed by atoms with Crippen LogP contribution in [0.25, 0.3) is 6.08 Å². The lowest BCUT2D eigenvalue weighted by Crippen LogP contribution is -2.17. The Morgan fingerprint density at radius 3 is 3.08 bits per heavy atom. The van der Waals surface area contributed by atoms with Gasteiger partial charge in [-0.1, -0.05) is 18.2 Å². The topological polar surface area (TPSA) is 26.0 Å². The van der Waals surface area contributed by atoms with E-state index in [-0.39, 0.29) is 5.82 Å². The van der Waals surface area contributed by atoms with Crippen molar-refractivity contribution in [1.29, 1.82) is 0 Å². The second-order valence-corrected chi connectivity index (χ2v) is 3.40. The fraction of sp³-hybridized carbons (Fsp3) is 0.273. The van der Waals surface area contributed by atoms with Crippen molar-refractivity contribution in [3.05, 3.63) is 41.2 Å². The highest BCUT2D eigenvalue weighted by molar-refractivity contribution is 5.56. The van der Waals surface area contributed by atoms with Crippen molar-refractivity contribution in [2.24, 2.45) is 11.7 Å². The number of fused-ring (bicyclic) bond motifs is 1. The zero-order valence-electron chi connectivity index (χ0n) is 7.33. The van der Waals surface area contributed by atoms with Crippen LogP contribution in [0.5, 0.6) is 0 Å². The molecule has 0 amide bonds. The van der Waals surface area contributed by atoms with Crippen molar-refractivity contribution < 1.29 is 4.39 Å². The van der Waals surface area contributed by atoms with Gasteiger partial charge in [-0.25, -0.2) is 4.39 Å². The minimum Gasteiger partial charge on any atom is -0.330 e. The molecule has 1 atom stereocenters. The quantitative estimate of drug-likeness (QED) is 0.697. The first-order valence-corrected chi connectivity index (χ1v) is 4.46. The van der Waals surface area contributed by atoms with Gasteiger partial charge < -0.3 is 5.73 Å². The summed E-state index contributed by atoms with van der Waals surface area (Å²) in [6.07, 6.45) is 4.95. The number of hydrogen-bond donors (Lipinski definition) is 1. The van der Waals surface area contributed by atoms with Gasteiger partial charge in [0.2, 0.25) is 0 Å². The van der Waals surface area contributed by atoms with Gasteiger partial charge in [0.1, 0.15) is 5.82 Å². The van der Waals surface area contributed by atoms with E-state index in [0.717, 1.165) is 12.0 Å². The highest BCUT2D eigenvalue weighted by Crippen LogP contribution is 2.22. The fourth-order valence-electron chi connectivity index (χ4n) is 1.66. The monoisotopic (exact) mass is 177 g/mol. The summed E-state index contributed by atoms with van der Waals surface area (Å²) in [6, 6.07) is 4.92. The summed E-state index contributed by atoms with van der Waals surface area (Å²) >= 11 is 0. The number of rotatable bonds is 1. The molecule has 2 rings (SSSR count). The first-order valence-electron chi connectivity index (χ1n) is 4.46. The predicted molar refractivity (Wildman–Crippen MR) is 51.7 cm³/mol. The van der Waals surface area contributed by atoms with Crippen molar-refractivity contribution in [2.45, 2.75) is 6.42 Å². The molecular formula is C11H12FN. The van der Waals surface area contributed by atoms with Crippen LogP contribution in [0.15, 0.2) is 24.3 Å².